The van der Waals surface area contributed by atoms with E-state index in [-0.39, 0.29) is 0 Å². The third kappa shape index (κ3) is 3.30. The van der Waals surface area contributed by atoms with Crippen LogP contribution in [0.2, 0.25) is 0 Å². The molecule has 1 unspecified atom stereocenters. The molecule has 114 valence electrons. The van der Waals surface area contributed by atoms with Crippen molar-refractivity contribution in [2.24, 2.45) is 17.3 Å². The minimum absolute atomic E-state index is 0.606. The van der Waals surface area contributed by atoms with Gasteiger partial charge in [-0.25, -0.2) is 0 Å². The summed E-state index contributed by atoms with van der Waals surface area (Å²) in [6, 6.07) is 8.60. The maximum Gasteiger partial charge on any atom is 0.0976 e. The summed E-state index contributed by atoms with van der Waals surface area (Å²) in [6.45, 7) is 8.59. The number of nitrogens with zero attached hydrogens (tertiary/aromatic N) is 1. The molecule has 0 saturated heterocycles. The van der Waals surface area contributed by atoms with Crippen molar-refractivity contribution in [2.75, 3.05) is 0 Å². The van der Waals surface area contributed by atoms with E-state index in [9.17, 15) is 10.4 Å². The van der Waals surface area contributed by atoms with Crippen LogP contribution in [0.4, 0.5) is 0 Å². The molecule has 0 aromatic heterocycles. The van der Waals surface area contributed by atoms with E-state index in [1.54, 1.807) is 0 Å². The smallest absolute Gasteiger partial charge is 0.0976 e. The predicted molar refractivity (Wildman–Crippen MR) is 85.7 cm³/mol. The Bertz CT molecular complexity index is 513. The van der Waals surface area contributed by atoms with Gasteiger partial charge in [0.05, 0.1) is 17.6 Å². The quantitative estimate of drug-likeness (QED) is 0.875. The lowest BCUT2D eigenvalue weighted by molar-refractivity contribution is 0.0190. The molecule has 0 bridgehead atoms. The average Bonchev–Trinajstić information content (AvgIpc) is 2.45. The van der Waals surface area contributed by atoms with Crippen molar-refractivity contribution in [3.63, 3.8) is 0 Å². The van der Waals surface area contributed by atoms with E-state index in [0.29, 0.717) is 11.8 Å². The van der Waals surface area contributed by atoms with Gasteiger partial charge in [0.25, 0.3) is 0 Å². The highest BCUT2D eigenvalue weighted by atomic mass is 16.3. The van der Waals surface area contributed by atoms with Crippen molar-refractivity contribution in [3.05, 3.63) is 34.9 Å². The molecular formula is C19H27NO. The van der Waals surface area contributed by atoms with Gasteiger partial charge < -0.3 is 5.11 Å². The maximum atomic E-state index is 10.8. The third-order valence-electron chi connectivity index (χ3n) is 5.17. The molecule has 0 radical (unpaired) electrons. The standard InChI is InChI=1S/C19H27NO/c1-13(2)16-5-7-19(12-20,8-6-16)18(21)17-10-14(3)9-15(4)11-17/h9-11,13,16,18,21H,5-8H2,1-4H3. The molecule has 2 nitrogen and oxygen atoms in total. The molecule has 0 aliphatic heterocycles. The van der Waals surface area contributed by atoms with Gasteiger partial charge in [0.2, 0.25) is 0 Å². The highest BCUT2D eigenvalue weighted by molar-refractivity contribution is 5.32. The molecule has 1 N–H and O–H groups in total. The van der Waals surface area contributed by atoms with Crippen LogP contribution < -0.4 is 0 Å². The van der Waals surface area contributed by atoms with Crippen LogP contribution in [0.25, 0.3) is 0 Å². The van der Waals surface area contributed by atoms with Gasteiger partial charge in [-0.05, 0) is 56.9 Å². The van der Waals surface area contributed by atoms with Crippen LogP contribution in [0.5, 0.6) is 0 Å². The van der Waals surface area contributed by atoms with Gasteiger partial charge in [-0.1, -0.05) is 43.2 Å². The van der Waals surface area contributed by atoms with Crippen LogP contribution in [0, 0.1) is 42.4 Å². The molecule has 1 aliphatic carbocycles. The van der Waals surface area contributed by atoms with Gasteiger partial charge in [0.1, 0.15) is 0 Å². The van der Waals surface area contributed by atoms with Crippen LogP contribution in [-0.4, -0.2) is 5.11 Å². The molecule has 2 rings (SSSR count). The second-order valence-electron chi connectivity index (χ2n) is 7.17. The highest BCUT2D eigenvalue weighted by Gasteiger charge is 2.42. The van der Waals surface area contributed by atoms with Crippen molar-refractivity contribution in [3.8, 4) is 6.07 Å². The summed E-state index contributed by atoms with van der Waals surface area (Å²) < 4.78 is 0. The molecule has 1 fully saturated rings. The summed E-state index contributed by atoms with van der Waals surface area (Å²) in [5, 5.41) is 20.6. The zero-order valence-corrected chi connectivity index (χ0v) is 13.7. The fourth-order valence-electron chi connectivity index (χ4n) is 3.76. The fraction of sp³-hybridized carbons (Fsp3) is 0.632. The predicted octanol–water partition coefficient (Wildman–Crippen LogP) is 4.69. The Hall–Kier alpha value is -1.33. The molecular weight excluding hydrogens is 258 g/mol. The van der Waals surface area contributed by atoms with Crippen LogP contribution in [0.3, 0.4) is 0 Å². The number of aliphatic hydroxyl groups is 1. The van der Waals surface area contributed by atoms with Crippen LogP contribution in [0.15, 0.2) is 18.2 Å². The number of nitriles is 1. The maximum absolute atomic E-state index is 10.8. The topological polar surface area (TPSA) is 44.0 Å². The number of hydrogen-bond acceptors (Lipinski definition) is 2. The van der Waals surface area contributed by atoms with E-state index in [4.69, 9.17) is 0 Å². The van der Waals surface area contributed by atoms with Crippen molar-refractivity contribution < 1.29 is 5.11 Å². The Kier molecular flexibility index (Phi) is 4.74. The molecule has 1 aromatic carbocycles. The van der Waals surface area contributed by atoms with Crippen LogP contribution >= 0.6 is 0 Å². The average molecular weight is 285 g/mol. The molecule has 0 amide bonds. The summed E-state index contributed by atoms with van der Waals surface area (Å²) in [7, 11) is 0. The third-order valence-corrected chi connectivity index (χ3v) is 5.17. The van der Waals surface area contributed by atoms with Gasteiger partial charge in [0.15, 0.2) is 0 Å². The highest BCUT2D eigenvalue weighted by Crippen LogP contribution is 2.48. The number of rotatable bonds is 3. The largest absolute Gasteiger partial charge is 0.387 e. The second-order valence-corrected chi connectivity index (χ2v) is 7.17. The van der Waals surface area contributed by atoms with E-state index < -0.39 is 11.5 Å². The number of benzene rings is 1. The molecule has 0 heterocycles. The number of aryl methyl sites for hydroxylation is 2. The van der Waals surface area contributed by atoms with Crippen molar-refractivity contribution in [1.29, 1.82) is 5.26 Å². The Balaban J connectivity index is 2.23. The Morgan fingerprint density at radius 3 is 2.10 bits per heavy atom. The summed E-state index contributed by atoms with van der Waals surface area (Å²) in [5.74, 6) is 1.36. The summed E-state index contributed by atoms with van der Waals surface area (Å²) in [4.78, 5) is 0. The molecule has 1 saturated carbocycles. The van der Waals surface area contributed by atoms with Crippen molar-refractivity contribution >= 4 is 0 Å². The SMILES string of the molecule is Cc1cc(C)cc(C(O)C2(C#N)CCC(C(C)C)CC2)c1. The lowest BCUT2D eigenvalue weighted by Crippen LogP contribution is -2.33. The number of hydrogen-bond donors (Lipinski definition) is 1. The Labute approximate surface area is 128 Å². The molecule has 2 heteroatoms. The molecule has 1 atom stereocenters. The first-order chi connectivity index (χ1) is 9.88. The lowest BCUT2D eigenvalue weighted by atomic mass is 9.65. The van der Waals surface area contributed by atoms with Gasteiger partial charge in [0, 0.05) is 0 Å². The summed E-state index contributed by atoms with van der Waals surface area (Å²) in [6.07, 6.45) is 3.04. The van der Waals surface area contributed by atoms with Gasteiger partial charge in [-0.3, -0.25) is 0 Å². The molecule has 1 aliphatic rings. The van der Waals surface area contributed by atoms with Crippen LogP contribution in [0.1, 0.15) is 62.3 Å². The van der Waals surface area contributed by atoms with Crippen molar-refractivity contribution in [2.45, 2.75) is 59.5 Å². The minimum atomic E-state index is -0.672. The summed E-state index contributed by atoms with van der Waals surface area (Å²) >= 11 is 0. The lowest BCUT2D eigenvalue weighted by Gasteiger charge is -2.39. The first-order valence-corrected chi connectivity index (χ1v) is 8.05. The zero-order chi connectivity index (χ0) is 15.6. The Morgan fingerprint density at radius 1 is 1.14 bits per heavy atom. The van der Waals surface area contributed by atoms with Gasteiger partial charge >= 0.3 is 0 Å². The molecule has 1 aromatic rings. The molecule has 0 spiro atoms. The van der Waals surface area contributed by atoms with E-state index in [1.807, 2.05) is 26.0 Å². The molecule has 21 heavy (non-hydrogen) atoms. The number of aliphatic hydroxyl groups excluding tert-OH is 1. The van der Waals surface area contributed by atoms with Gasteiger partial charge in [-0.2, -0.15) is 5.26 Å². The minimum Gasteiger partial charge on any atom is -0.387 e. The van der Waals surface area contributed by atoms with Crippen LogP contribution in [-0.2, 0) is 0 Å². The zero-order valence-electron chi connectivity index (χ0n) is 13.7. The first kappa shape index (κ1) is 16.0. The van der Waals surface area contributed by atoms with E-state index >= 15 is 0 Å². The summed E-state index contributed by atoms with van der Waals surface area (Å²) in [5.41, 5.74) is 2.59. The van der Waals surface area contributed by atoms with E-state index in [2.05, 4.69) is 26.0 Å². The normalized spacial score (nSPS) is 27.4. The first-order valence-electron chi connectivity index (χ1n) is 8.05. The van der Waals surface area contributed by atoms with Crippen molar-refractivity contribution in [1.82, 2.24) is 0 Å². The second kappa shape index (κ2) is 6.20. The Morgan fingerprint density at radius 2 is 1.67 bits per heavy atom. The van der Waals surface area contributed by atoms with Gasteiger partial charge in [-0.15, -0.1) is 0 Å². The van der Waals surface area contributed by atoms with E-state index in [0.717, 1.165) is 42.4 Å². The fourth-order valence-corrected chi connectivity index (χ4v) is 3.76. The van der Waals surface area contributed by atoms with E-state index in [1.165, 1.54) is 0 Å². The monoisotopic (exact) mass is 285 g/mol.